The Hall–Kier alpha value is -1.56. The molecule has 1 aromatic rings. The zero-order chi connectivity index (χ0) is 13.1. The van der Waals surface area contributed by atoms with E-state index >= 15 is 0 Å². The second-order valence-corrected chi connectivity index (χ2v) is 4.92. The first-order valence-electron chi connectivity index (χ1n) is 6.39. The number of rotatable bonds is 4. The van der Waals surface area contributed by atoms with Crippen LogP contribution < -0.4 is 11.1 Å². The van der Waals surface area contributed by atoms with Crippen LogP contribution in [0.25, 0.3) is 0 Å². The molecule has 0 spiro atoms. The lowest BCUT2D eigenvalue weighted by atomic mass is 10.1. The van der Waals surface area contributed by atoms with Crippen LogP contribution in [0.15, 0.2) is 6.20 Å². The number of nitrogens with two attached hydrogens (primary N) is 1. The Kier molecular flexibility index (Phi) is 3.86. The number of amides is 1. The topological polar surface area (TPSA) is 76.2 Å². The molecule has 0 saturated carbocycles. The molecule has 0 aromatic carbocycles. The maximum Gasteiger partial charge on any atom is 0.273 e. The van der Waals surface area contributed by atoms with Crippen LogP contribution in [0.4, 0.5) is 5.69 Å². The summed E-state index contributed by atoms with van der Waals surface area (Å²) < 4.78 is 1.67. The van der Waals surface area contributed by atoms with Gasteiger partial charge in [-0.2, -0.15) is 5.10 Å². The summed E-state index contributed by atoms with van der Waals surface area (Å²) in [6, 6.07) is 0. The van der Waals surface area contributed by atoms with Gasteiger partial charge in [-0.05, 0) is 32.9 Å². The molecular formula is C12H21N5O. The third-order valence-corrected chi connectivity index (χ3v) is 3.37. The molecule has 18 heavy (non-hydrogen) atoms. The zero-order valence-corrected chi connectivity index (χ0v) is 11.0. The fraction of sp³-hybridized carbons (Fsp3) is 0.667. The number of carbonyl (C=O) groups excluding carboxylic acids is 1. The van der Waals surface area contributed by atoms with E-state index in [1.165, 1.54) is 0 Å². The number of aromatic nitrogens is 2. The predicted molar refractivity (Wildman–Crippen MR) is 70.3 cm³/mol. The van der Waals surface area contributed by atoms with Crippen LogP contribution in [0.3, 0.4) is 0 Å². The van der Waals surface area contributed by atoms with Gasteiger partial charge in [-0.15, -0.1) is 0 Å². The summed E-state index contributed by atoms with van der Waals surface area (Å²) in [4.78, 5) is 14.2. The van der Waals surface area contributed by atoms with E-state index in [-0.39, 0.29) is 5.91 Å². The van der Waals surface area contributed by atoms with Gasteiger partial charge in [0.25, 0.3) is 5.91 Å². The molecule has 2 rings (SSSR count). The van der Waals surface area contributed by atoms with Gasteiger partial charge in [0.15, 0.2) is 5.69 Å². The average molecular weight is 251 g/mol. The summed E-state index contributed by atoms with van der Waals surface area (Å²) in [7, 11) is 2.10. The van der Waals surface area contributed by atoms with Crippen molar-refractivity contribution in [2.75, 3.05) is 32.4 Å². The van der Waals surface area contributed by atoms with Crippen LogP contribution >= 0.6 is 0 Å². The highest BCUT2D eigenvalue weighted by atomic mass is 16.2. The summed E-state index contributed by atoms with van der Waals surface area (Å²) in [5.74, 6) is 0.364. The molecule has 2 heterocycles. The van der Waals surface area contributed by atoms with Gasteiger partial charge in [-0.25, -0.2) is 0 Å². The lowest BCUT2D eigenvalue weighted by Gasteiger charge is -2.11. The number of anilines is 1. The highest BCUT2D eigenvalue weighted by Crippen LogP contribution is 2.14. The van der Waals surface area contributed by atoms with Crippen molar-refractivity contribution in [2.45, 2.75) is 19.9 Å². The lowest BCUT2D eigenvalue weighted by Crippen LogP contribution is -2.31. The first kappa shape index (κ1) is 12.9. The summed E-state index contributed by atoms with van der Waals surface area (Å²) in [6.45, 7) is 5.52. The van der Waals surface area contributed by atoms with E-state index in [1.807, 2.05) is 6.92 Å². The maximum atomic E-state index is 12.0. The van der Waals surface area contributed by atoms with E-state index in [2.05, 4.69) is 22.4 Å². The number of aryl methyl sites for hydroxylation is 1. The van der Waals surface area contributed by atoms with E-state index in [9.17, 15) is 4.79 Å². The van der Waals surface area contributed by atoms with Crippen molar-refractivity contribution in [1.29, 1.82) is 0 Å². The first-order valence-corrected chi connectivity index (χ1v) is 6.39. The number of nitrogens with one attached hydrogen (secondary N) is 1. The van der Waals surface area contributed by atoms with Crippen LogP contribution in [0.5, 0.6) is 0 Å². The van der Waals surface area contributed by atoms with Crippen LogP contribution in [0.2, 0.25) is 0 Å². The Morgan fingerprint density at radius 3 is 3.00 bits per heavy atom. The van der Waals surface area contributed by atoms with Gasteiger partial charge >= 0.3 is 0 Å². The molecule has 6 nitrogen and oxygen atoms in total. The number of carbonyl (C=O) groups is 1. The molecule has 1 atom stereocenters. The molecule has 1 aliphatic heterocycles. The second kappa shape index (κ2) is 5.39. The van der Waals surface area contributed by atoms with Gasteiger partial charge in [0.2, 0.25) is 0 Å². The minimum atomic E-state index is -0.172. The minimum Gasteiger partial charge on any atom is -0.396 e. The van der Waals surface area contributed by atoms with Crippen molar-refractivity contribution in [3.05, 3.63) is 11.9 Å². The number of hydrogen-bond donors (Lipinski definition) is 2. The Morgan fingerprint density at radius 2 is 2.44 bits per heavy atom. The Bertz CT molecular complexity index is 428. The summed E-state index contributed by atoms with van der Waals surface area (Å²) >= 11 is 0. The van der Waals surface area contributed by atoms with Gasteiger partial charge in [0.05, 0.1) is 5.69 Å². The SMILES string of the molecule is CCn1cc(N)c(C(=O)NCC2CCN(C)C2)n1. The van der Waals surface area contributed by atoms with Crippen molar-refractivity contribution in [3.8, 4) is 0 Å². The summed E-state index contributed by atoms with van der Waals surface area (Å²) in [5, 5.41) is 7.08. The molecular weight excluding hydrogens is 230 g/mol. The molecule has 0 bridgehead atoms. The Labute approximate surface area is 107 Å². The van der Waals surface area contributed by atoms with E-state index in [0.717, 1.165) is 19.5 Å². The third kappa shape index (κ3) is 2.81. The lowest BCUT2D eigenvalue weighted by molar-refractivity contribution is 0.0942. The van der Waals surface area contributed by atoms with Crippen LogP contribution in [-0.2, 0) is 6.54 Å². The fourth-order valence-corrected chi connectivity index (χ4v) is 2.29. The molecule has 100 valence electrons. The van der Waals surface area contributed by atoms with Gasteiger partial charge in [0.1, 0.15) is 0 Å². The third-order valence-electron chi connectivity index (χ3n) is 3.37. The summed E-state index contributed by atoms with van der Waals surface area (Å²) in [6.07, 6.45) is 2.83. The molecule has 1 aliphatic rings. The molecule has 3 N–H and O–H groups in total. The van der Waals surface area contributed by atoms with Crippen LogP contribution in [-0.4, -0.2) is 47.3 Å². The predicted octanol–water partition coefficient (Wildman–Crippen LogP) is 0.167. The molecule has 1 aromatic heterocycles. The highest BCUT2D eigenvalue weighted by Gasteiger charge is 2.21. The van der Waals surface area contributed by atoms with Gasteiger partial charge < -0.3 is 16.0 Å². The molecule has 1 unspecified atom stereocenters. The molecule has 6 heteroatoms. The molecule has 1 amide bonds. The van der Waals surface area contributed by atoms with Crippen molar-refractivity contribution in [1.82, 2.24) is 20.0 Å². The highest BCUT2D eigenvalue weighted by molar-refractivity contribution is 5.96. The Morgan fingerprint density at radius 1 is 1.67 bits per heavy atom. The van der Waals surface area contributed by atoms with E-state index in [4.69, 9.17) is 5.73 Å². The number of nitrogen functional groups attached to an aromatic ring is 1. The van der Waals surface area contributed by atoms with Crippen molar-refractivity contribution in [2.24, 2.45) is 5.92 Å². The molecule has 1 saturated heterocycles. The quantitative estimate of drug-likeness (QED) is 0.799. The molecule has 0 radical (unpaired) electrons. The van der Waals surface area contributed by atoms with Crippen molar-refractivity contribution in [3.63, 3.8) is 0 Å². The van der Waals surface area contributed by atoms with Gasteiger partial charge in [-0.3, -0.25) is 9.48 Å². The van der Waals surface area contributed by atoms with E-state index < -0.39 is 0 Å². The normalized spacial score (nSPS) is 20.2. The smallest absolute Gasteiger partial charge is 0.273 e. The van der Waals surface area contributed by atoms with Crippen LogP contribution in [0.1, 0.15) is 23.8 Å². The Balaban J connectivity index is 1.89. The second-order valence-electron chi connectivity index (χ2n) is 4.92. The van der Waals surface area contributed by atoms with Crippen molar-refractivity contribution >= 4 is 11.6 Å². The van der Waals surface area contributed by atoms with Gasteiger partial charge in [0, 0.05) is 25.8 Å². The molecule has 1 fully saturated rings. The standard InChI is InChI=1S/C12H21N5O/c1-3-17-8-10(13)11(15-17)12(18)14-6-9-4-5-16(2)7-9/h8-9H,3-7,13H2,1-2H3,(H,14,18). The minimum absolute atomic E-state index is 0.172. The van der Waals surface area contributed by atoms with E-state index in [0.29, 0.717) is 30.4 Å². The number of hydrogen-bond acceptors (Lipinski definition) is 4. The monoisotopic (exact) mass is 251 g/mol. The van der Waals surface area contributed by atoms with Crippen molar-refractivity contribution < 1.29 is 4.79 Å². The fourth-order valence-electron chi connectivity index (χ4n) is 2.29. The van der Waals surface area contributed by atoms with Gasteiger partial charge in [-0.1, -0.05) is 0 Å². The number of likely N-dealkylation sites (tertiary alicyclic amines) is 1. The summed E-state index contributed by atoms with van der Waals surface area (Å²) in [5.41, 5.74) is 6.55. The molecule has 0 aliphatic carbocycles. The largest absolute Gasteiger partial charge is 0.396 e. The van der Waals surface area contributed by atoms with E-state index in [1.54, 1.807) is 10.9 Å². The zero-order valence-electron chi connectivity index (χ0n) is 11.0. The average Bonchev–Trinajstić information content (AvgIpc) is 2.92. The van der Waals surface area contributed by atoms with Crippen LogP contribution in [0, 0.1) is 5.92 Å². The maximum absolute atomic E-state index is 12.0. The first-order chi connectivity index (χ1) is 8.60. The number of nitrogens with zero attached hydrogens (tertiary/aromatic N) is 3.